The molecule has 1 rings (SSSR count). The van der Waals surface area contributed by atoms with Gasteiger partial charge in [-0.2, -0.15) is 5.26 Å². The molecule has 0 spiro atoms. The predicted octanol–water partition coefficient (Wildman–Crippen LogP) is 3.83. The molecule has 1 aromatic carbocycles. The number of hydrogen-bond donors (Lipinski definition) is 1. The molecule has 0 bridgehead atoms. The minimum Gasteiger partial charge on any atom is -0.383 e. The summed E-state index contributed by atoms with van der Waals surface area (Å²) in [4.78, 5) is 0. The Labute approximate surface area is 114 Å². The van der Waals surface area contributed by atoms with Gasteiger partial charge in [-0.3, -0.25) is 0 Å². The van der Waals surface area contributed by atoms with E-state index in [1.807, 2.05) is 6.07 Å². The summed E-state index contributed by atoms with van der Waals surface area (Å²) in [6.07, 6.45) is 3.38. The van der Waals surface area contributed by atoms with E-state index in [2.05, 4.69) is 18.3 Å². The highest BCUT2D eigenvalue weighted by Gasteiger charge is 2.09. The van der Waals surface area contributed by atoms with Crippen LogP contribution in [0.5, 0.6) is 0 Å². The first-order chi connectivity index (χ1) is 8.71. The number of nitrogens with zero attached hydrogens (tertiary/aromatic N) is 1. The van der Waals surface area contributed by atoms with Crippen LogP contribution < -0.4 is 5.32 Å². The molecule has 0 saturated heterocycles. The third-order valence-corrected chi connectivity index (χ3v) is 3.05. The molecule has 18 heavy (non-hydrogen) atoms. The molecule has 1 unspecified atom stereocenters. The number of benzene rings is 1. The van der Waals surface area contributed by atoms with Crippen LogP contribution in [0.2, 0.25) is 5.02 Å². The van der Waals surface area contributed by atoms with Crippen molar-refractivity contribution in [3.05, 3.63) is 28.8 Å². The van der Waals surface area contributed by atoms with Gasteiger partial charge in [0.15, 0.2) is 0 Å². The van der Waals surface area contributed by atoms with Gasteiger partial charge >= 0.3 is 0 Å². The van der Waals surface area contributed by atoms with Crippen LogP contribution in [0, 0.1) is 11.3 Å². The lowest BCUT2D eigenvalue weighted by Gasteiger charge is -2.19. The second-order valence-corrected chi connectivity index (χ2v) is 4.65. The molecular formula is C14H19ClN2O. The highest BCUT2D eigenvalue weighted by Crippen LogP contribution is 2.21. The average Bonchev–Trinajstić information content (AvgIpc) is 2.36. The molecule has 0 aliphatic carbocycles. The van der Waals surface area contributed by atoms with Gasteiger partial charge in [0.25, 0.3) is 0 Å². The Morgan fingerprint density at radius 3 is 2.83 bits per heavy atom. The van der Waals surface area contributed by atoms with Gasteiger partial charge in [0.2, 0.25) is 0 Å². The van der Waals surface area contributed by atoms with Crippen LogP contribution in [0.15, 0.2) is 18.2 Å². The summed E-state index contributed by atoms with van der Waals surface area (Å²) in [5, 5.41) is 12.7. The van der Waals surface area contributed by atoms with E-state index in [1.54, 1.807) is 19.2 Å². The second-order valence-electron chi connectivity index (χ2n) is 4.25. The number of rotatable bonds is 7. The molecule has 0 aliphatic heterocycles. The standard InChI is InChI=1S/C14H19ClN2O/c1-3-4-5-13(10-18-2)17-12-7-6-11(9-16)14(15)8-12/h6-8,13,17H,3-5,10H2,1-2H3. The Hall–Kier alpha value is -1.24. The van der Waals surface area contributed by atoms with Crippen molar-refractivity contribution in [2.75, 3.05) is 19.0 Å². The number of nitriles is 1. The number of hydrogen-bond acceptors (Lipinski definition) is 3. The van der Waals surface area contributed by atoms with E-state index in [-0.39, 0.29) is 6.04 Å². The lowest BCUT2D eigenvalue weighted by atomic mass is 10.1. The first-order valence-corrected chi connectivity index (χ1v) is 6.54. The second kappa shape index (κ2) is 7.97. The summed E-state index contributed by atoms with van der Waals surface area (Å²) >= 11 is 6.00. The summed E-state index contributed by atoms with van der Waals surface area (Å²) < 4.78 is 5.20. The van der Waals surface area contributed by atoms with Crippen LogP contribution in [0.1, 0.15) is 31.7 Å². The van der Waals surface area contributed by atoms with E-state index in [9.17, 15) is 0 Å². The van der Waals surface area contributed by atoms with Gasteiger partial charge in [-0.15, -0.1) is 0 Å². The van der Waals surface area contributed by atoms with Crippen LogP contribution in [0.4, 0.5) is 5.69 Å². The molecule has 0 amide bonds. The highest BCUT2D eigenvalue weighted by atomic mass is 35.5. The van der Waals surface area contributed by atoms with E-state index >= 15 is 0 Å². The number of ether oxygens (including phenoxy) is 1. The first-order valence-electron chi connectivity index (χ1n) is 6.16. The Bertz CT molecular complexity index is 415. The molecule has 1 aromatic rings. The molecule has 98 valence electrons. The van der Waals surface area contributed by atoms with Crippen molar-refractivity contribution >= 4 is 17.3 Å². The van der Waals surface area contributed by atoms with Crippen LogP contribution in [-0.2, 0) is 4.74 Å². The van der Waals surface area contributed by atoms with Crippen LogP contribution in [0.3, 0.4) is 0 Å². The maximum Gasteiger partial charge on any atom is 0.101 e. The summed E-state index contributed by atoms with van der Waals surface area (Å²) in [7, 11) is 1.70. The quantitative estimate of drug-likeness (QED) is 0.816. The minimum absolute atomic E-state index is 0.277. The van der Waals surface area contributed by atoms with Crippen molar-refractivity contribution in [1.82, 2.24) is 0 Å². The van der Waals surface area contributed by atoms with Crippen molar-refractivity contribution in [3.63, 3.8) is 0 Å². The van der Waals surface area contributed by atoms with Crippen LogP contribution >= 0.6 is 11.6 Å². The molecule has 0 saturated carbocycles. The zero-order chi connectivity index (χ0) is 13.4. The zero-order valence-corrected chi connectivity index (χ0v) is 11.6. The van der Waals surface area contributed by atoms with Crippen molar-refractivity contribution in [2.45, 2.75) is 32.2 Å². The summed E-state index contributed by atoms with van der Waals surface area (Å²) in [5.41, 5.74) is 1.43. The SMILES string of the molecule is CCCCC(COC)Nc1ccc(C#N)c(Cl)c1. The van der Waals surface area contributed by atoms with E-state index in [4.69, 9.17) is 21.6 Å². The molecule has 0 aliphatic rings. The molecule has 0 fully saturated rings. The zero-order valence-electron chi connectivity index (χ0n) is 10.9. The minimum atomic E-state index is 0.277. The van der Waals surface area contributed by atoms with E-state index in [0.29, 0.717) is 17.2 Å². The monoisotopic (exact) mass is 266 g/mol. The third-order valence-electron chi connectivity index (χ3n) is 2.73. The number of halogens is 1. The summed E-state index contributed by atoms with van der Waals surface area (Å²) in [6, 6.07) is 7.72. The number of methoxy groups -OCH3 is 1. The molecule has 3 nitrogen and oxygen atoms in total. The number of nitrogens with one attached hydrogen (secondary N) is 1. The lowest BCUT2D eigenvalue weighted by Crippen LogP contribution is -2.24. The van der Waals surface area contributed by atoms with Crippen LogP contribution in [0.25, 0.3) is 0 Å². The average molecular weight is 267 g/mol. The van der Waals surface area contributed by atoms with E-state index in [1.165, 1.54) is 0 Å². The largest absolute Gasteiger partial charge is 0.383 e. The molecule has 1 atom stereocenters. The van der Waals surface area contributed by atoms with Gasteiger partial charge in [-0.25, -0.2) is 0 Å². The fourth-order valence-electron chi connectivity index (χ4n) is 1.78. The Kier molecular flexibility index (Phi) is 6.56. The predicted molar refractivity (Wildman–Crippen MR) is 75.0 cm³/mol. The Morgan fingerprint density at radius 1 is 1.50 bits per heavy atom. The van der Waals surface area contributed by atoms with Crippen molar-refractivity contribution in [1.29, 1.82) is 5.26 Å². The lowest BCUT2D eigenvalue weighted by molar-refractivity contribution is 0.182. The van der Waals surface area contributed by atoms with Gasteiger partial charge in [-0.05, 0) is 24.6 Å². The maximum atomic E-state index is 8.82. The molecule has 0 radical (unpaired) electrons. The first kappa shape index (κ1) is 14.8. The molecule has 1 N–H and O–H groups in total. The van der Waals surface area contributed by atoms with Gasteiger partial charge in [-0.1, -0.05) is 31.4 Å². The van der Waals surface area contributed by atoms with E-state index < -0.39 is 0 Å². The summed E-state index contributed by atoms with van der Waals surface area (Å²) in [5.74, 6) is 0. The fourth-order valence-corrected chi connectivity index (χ4v) is 2.00. The van der Waals surface area contributed by atoms with E-state index in [0.717, 1.165) is 24.9 Å². The smallest absolute Gasteiger partial charge is 0.101 e. The van der Waals surface area contributed by atoms with Gasteiger partial charge < -0.3 is 10.1 Å². The van der Waals surface area contributed by atoms with Crippen molar-refractivity contribution < 1.29 is 4.74 Å². The molecule has 4 heteroatoms. The highest BCUT2D eigenvalue weighted by molar-refractivity contribution is 6.32. The number of anilines is 1. The summed E-state index contributed by atoms with van der Waals surface area (Å²) in [6.45, 7) is 2.83. The number of unbranched alkanes of at least 4 members (excludes halogenated alkanes) is 1. The van der Waals surface area contributed by atoms with Gasteiger partial charge in [0, 0.05) is 18.8 Å². The van der Waals surface area contributed by atoms with Crippen molar-refractivity contribution in [3.8, 4) is 6.07 Å². The normalized spacial score (nSPS) is 11.9. The third kappa shape index (κ3) is 4.56. The van der Waals surface area contributed by atoms with Gasteiger partial charge in [0.05, 0.1) is 17.2 Å². The Morgan fingerprint density at radius 2 is 2.28 bits per heavy atom. The fraction of sp³-hybridized carbons (Fsp3) is 0.500. The Balaban J connectivity index is 2.68. The van der Waals surface area contributed by atoms with Crippen molar-refractivity contribution in [2.24, 2.45) is 0 Å². The maximum absolute atomic E-state index is 8.82. The molecule has 0 heterocycles. The topological polar surface area (TPSA) is 45.0 Å². The van der Waals surface area contributed by atoms with Gasteiger partial charge in [0.1, 0.15) is 6.07 Å². The molecule has 0 aromatic heterocycles. The van der Waals surface area contributed by atoms with Crippen LogP contribution in [-0.4, -0.2) is 19.8 Å². The molecular weight excluding hydrogens is 248 g/mol.